The Bertz CT molecular complexity index is 461. The third-order valence-electron chi connectivity index (χ3n) is 3.76. The Kier molecular flexibility index (Phi) is 4.99. The predicted octanol–water partition coefficient (Wildman–Crippen LogP) is 3.09. The number of methoxy groups -OCH3 is 1. The Morgan fingerprint density at radius 1 is 1.47 bits per heavy atom. The van der Waals surface area contributed by atoms with E-state index in [0.29, 0.717) is 12.2 Å². The number of Topliss-reactive ketones (excluding diaryl/α,β-unsaturated/α-hetero) is 1. The van der Waals surface area contributed by atoms with Crippen LogP contribution in [0.3, 0.4) is 0 Å². The quantitative estimate of drug-likeness (QED) is 0.925. The predicted molar refractivity (Wildman–Crippen MR) is 79.3 cm³/mol. The normalized spacial score (nSPS) is 23.1. The van der Waals surface area contributed by atoms with Crippen molar-refractivity contribution in [3.63, 3.8) is 0 Å². The van der Waals surface area contributed by atoms with Crippen molar-refractivity contribution in [3.8, 4) is 5.75 Å². The molecular weight excluding hydrogens is 306 g/mol. The van der Waals surface area contributed by atoms with Crippen LogP contribution in [0.5, 0.6) is 5.75 Å². The Morgan fingerprint density at radius 2 is 2.26 bits per heavy atom. The molecular formula is C15H20BrNO2. The van der Waals surface area contributed by atoms with Crippen LogP contribution in [0, 0.1) is 5.92 Å². The summed E-state index contributed by atoms with van der Waals surface area (Å²) in [6.07, 6.45) is 4.45. The lowest BCUT2D eigenvalue weighted by Crippen LogP contribution is -2.32. The maximum Gasteiger partial charge on any atom is 0.140 e. The molecule has 1 aromatic carbocycles. The van der Waals surface area contributed by atoms with Gasteiger partial charge in [0.2, 0.25) is 0 Å². The first-order valence-electron chi connectivity index (χ1n) is 6.71. The van der Waals surface area contributed by atoms with Crippen molar-refractivity contribution >= 4 is 21.7 Å². The van der Waals surface area contributed by atoms with Crippen molar-refractivity contribution in [1.82, 2.24) is 0 Å². The van der Waals surface area contributed by atoms with Gasteiger partial charge in [0, 0.05) is 18.4 Å². The second-order valence-electron chi connectivity index (χ2n) is 5.24. The third kappa shape index (κ3) is 3.80. The molecule has 104 valence electrons. The topological polar surface area (TPSA) is 52.3 Å². The van der Waals surface area contributed by atoms with Gasteiger partial charge in [0.25, 0.3) is 0 Å². The summed E-state index contributed by atoms with van der Waals surface area (Å²) in [6, 6.07) is 5.99. The fraction of sp³-hybridized carbons (Fsp3) is 0.533. The molecule has 1 saturated carbocycles. The van der Waals surface area contributed by atoms with E-state index in [1.807, 2.05) is 18.2 Å². The highest BCUT2D eigenvalue weighted by molar-refractivity contribution is 9.10. The summed E-state index contributed by atoms with van der Waals surface area (Å²) in [6.45, 7) is 0. The minimum Gasteiger partial charge on any atom is -0.496 e. The van der Waals surface area contributed by atoms with E-state index in [2.05, 4.69) is 15.9 Å². The zero-order chi connectivity index (χ0) is 13.8. The second kappa shape index (κ2) is 6.53. The number of hydrogen-bond donors (Lipinski definition) is 1. The number of carbonyl (C=O) groups excluding carboxylic acids is 1. The number of ether oxygens (including phenoxy) is 1. The number of nitrogens with two attached hydrogens (primary N) is 1. The minimum absolute atomic E-state index is 0.143. The zero-order valence-corrected chi connectivity index (χ0v) is 12.8. The largest absolute Gasteiger partial charge is 0.496 e. The maximum absolute atomic E-state index is 12.3. The molecule has 0 saturated heterocycles. The van der Waals surface area contributed by atoms with Crippen LogP contribution in [0.2, 0.25) is 0 Å². The van der Waals surface area contributed by atoms with Gasteiger partial charge in [-0.1, -0.05) is 12.5 Å². The smallest absolute Gasteiger partial charge is 0.140 e. The van der Waals surface area contributed by atoms with E-state index < -0.39 is 0 Å². The fourth-order valence-electron chi connectivity index (χ4n) is 2.69. The van der Waals surface area contributed by atoms with Gasteiger partial charge >= 0.3 is 0 Å². The van der Waals surface area contributed by atoms with Gasteiger partial charge < -0.3 is 10.5 Å². The Hall–Kier alpha value is -0.870. The highest BCUT2D eigenvalue weighted by Gasteiger charge is 2.25. The summed E-state index contributed by atoms with van der Waals surface area (Å²) in [5.41, 5.74) is 6.97. The van der Waals surface area contributed by atoms with Gasteiger partial charge in [-0.15, -0.1) is 0 Å². The molecule has 1 aliphatic carbocycles. The van der Waals surface area contributed by atoms with Crippen LogP contribution in [0.4, 0.5) is 0 Å². The molecule has 2 N–H and O–H groups in total. The average molecular weight is 326 g/mol. The monoisotopic (exact) mass is 325 g/mol. The lowest BCUT2D eigenvalue weighted by atomic mass is 9.82. The molecule has 2 atom stereocenters. The molecule has 0 aromatic heterocycles. The Labute approximate surface area is 122 Å². The molecule has 0 aliphatic heterocycles. The molecule has 0 amide bonds. The van der Waals surface area contributed by atoms with Gasteiger partial charge in [-0.3, -0.25) is 4.79 Å². The molecule has 2 rings (SSSR count). The van der Waals surface area contributed by atoms with Gasteiger partial charge in [0.15, 0.2) is 0 Å². The summed E-state index contributed by atoms with van der Waals surface area (Å²) >= 11 is 3.45. The molecule has 0 spiro atoms. The van der Waals surface area contributed by atoms with Crippen molar-refractivity contribution in [3.05, 3.63) is 28.2 Å². The highest BCUT2D eigenvalue weighted by atomic mass is 79.9. The van der Waals surface area contributed by atoms with Gasteiger partial charge in [0.1, 0.15) is 11.5 Å². The Balaban J connectivity index is 2.00. The van der Waals surface area contributed by atoms with E-state index in [-0.39, 0.29) is 12.0 Å². The van der Waals surface area contributed by atoms with E-state index in [1.165, 1.54) is 0 Å². The van der Waals surface area contributed by atoms with Crippen LogP contribution < -0.4 is 10.5 Å². The van der Waals surface area contributed by atoms with Gasteiger partial charge in [-0.25, -0.2) is 0 Å². The molecule has 19 heavy (non-hydrogen) atoms. The van der Waals surface area contributed by atoms with Gasteiger partial charge in [-0.05, 0) is 52.9 Å². The minimum atomic E-state index is 0.143. The number of benzene rings is 1. The summed E-state index contributed by atoms with van der Waals surface area (Å²) in [5.74, 6) is 1.24. The molecule has 0 radical (unpaired) electrons. The third-order valence-corrected chi connectivity index (χ3v) is 4.38. The molecule has 0 heterocycles. The van der Waals surface area contributed by atoms with Gasteiger partial charge in [-0.2, -0.15) is 0 Å². The number of ketones is 1. The van der Waals surface area contributed by atoms with Crippen molar-refractivity contribution in [1.29, 1.82) is 0 Å². The molecule has 0 bridgehead atoms. The molecule has 4 heteroatoms. The summed E-state index contributed by atoms with van der Waals surface area (Å²) in [5, 5.41) is 0. The van der Waals surface area contributed by atoms with Crippen LogP contribution in [0.15, 0.2) is 22.7 Å². The first kappa shape index (κ1) is 14.5. The summed E-state index contributed by atoms with van der Waals surface area (Å²) in [7, 11) is 1.63. The molecule has 1 aliphatic rings. The number of rotatable bonds is 4. The van der Waals surface area contributed by atoms with Crippen molar-refractivity contribution in [2.24, 2.45) is 11.7 Å². The zero-order valence-electron chi connectivity index (χ0n) is 11.2. The van der Waals surface area contributed by atoms with Crippen LogP contribution in [-0.2, 0) is 11.2 Å². The van der Waals surface area contributed by atoms with E-state index in [4.69, 9.17) is 10.5 Å². The standard InChI is InChI=1S/C15H20BrNO2/c1-19-15-6-5-10(7-13(15)16)8-14(18)11-3-2-4-12(17)9-11/h5-7,11-12H,2-4,8-9,17H2,1H3. The summed E-state index contributed by atoms with van der Waals surface area (Å²) in [4.78, 5) is 12.3. The van der Waals surface area contributed by atoms with Crippen LogP contribution >= 0.6 is 15.9 Å². The van der Waals surface area contributed by atoms with Crippen LogP contribution in [-0.4, -0.2) is 18.9 Å². The van der Waals surface area contributed by atoms with Crippen molar-refractivity contribution in [2.45, 2.75) is 38.1 Å². The maximum atomic E-state index is 12.3. The first-order chi connectivity index (χ1) is 9.10. The van der Waals surface area contributed by atoms with E-state index >= 15 is 0 Å². The number of carbonyl (C=O) groups is 1. The van der Waals surface area contributed by atoms with Crippen LogP contribution in [0.25, 0.3) is 0 Å². The number of hydrogen-bond acceptors (Lipinski definition) is 3. The molecule has 1 aromatic rings. The average Bonchev–Trinajstić information content (AvgIpc) is 2.39. The molecule has 3 nitrogen and oxygen atoms in total. The van der Waals surface area contributed by atoms with E-state index in [0.717, 1.165) is 41.5 Å². The summed E-state index contributed by atoms with van der Waals surface area (Å²) < 4.78 is 6.08. The lowest BCUT2D eigenvalue weighted by molar-refractivity contribution is -0.123. The van der Waals surface area contributed by atoms with Crippen molar-refractivity contribution in [2.75, 3.05) is 7.11 Å². The van der Waals surface area contributed by atoms with E-state index in [9.17, 15) is 4.79 Å². The number of halogens is 1. The van der Waals surface area contributed by atoms with Gasteiger partial charge in [0.05, 0.1) is 11.6 Å². The molecule has 2 unspecified atom stereocenters. The van der Waals surface area contributed by atoms with Crippen LogP contribution in [0.1, 0.15) is 31.2 Å². The molecule has 1 fully saturated rings. The van der Waals surface area contributed by atoms with E-state index in [1.54, 1.807) is 7.11 Å². The second-order valence-corrected chi connectivity index (χ2v) is 6.09. The first-order valence-corrected chi connectivity index (χ1v) is 7.50. The highest BCUT2D eigenvalue weighted by Crippen LogP contribution is 2.28. The van der Waals surface area contributed by atoms with Crippen molar-refractivity contribution < 1.29 is 9.53 Å². The Morgan fingerprint density at radius 3 is 2.89 bits per heavy atom. The SMILES string of the molecule is COc1ccc(CC(=O)C2CCCC(N)C2)cc1Br. The fourth-order valence-corrected chi connectivity index (χ4v) is 3.27. The lowest BCUT2D eigenvalue weighted by Gasteiger charge is -2.25.